The van der Waals surface area contributed by atoms with Crippen molar-refractivity contribution in [2.45, 2.75) is 25.7 Å². The lowest BCUT2D eigenvalue weighted by molar-refractivity contribution is 0.122. The van der Waals surface area contributed by atoms with Gasteiger partial charge in [0.2, 0.25) is 5.95 Å². The van der Waals surface area contributed by atoms with Gasteiger partial charge in [-0.1, -0.05) is 5.16 Å². The number of hydrogen-bond donors (Lipinski definition) is 1. The van der Waals surface area contributed by atoms with Gasteiger partial charge < -0.3 is 19.5 Å². The maximum atomic E-state index is 5.49. The van der Waals surface area contributed by atoms with Crippen molar-refractivity contribution in [1.29, 1.82) is 0 Å². The Labute approximate surface area is 141 Å². The number of rotatable bonds is 3. The Morgan fingerprint density at radius 1 is 1.21 bits per heavy atom. The molecule has 2 aromatic heterocycles. The van der Waals surface area contributed by atoms with Crippen LogP contribution in [0.5, 0.6) is 0 Å². The third-order valence-electron chi connectivity index (χ3n) is 4.72. The van der Waals surface area contributed by atoms with E-state index in [1.54, 1.807) is 0 Å². The fraction of sp³-hybridized carbons (Fsp3) is 0.588. The fourth-order valence-electron chi connectivity index (χ4n) is 3.39. The molecule has 7 nitrogen and oxygen atoms in total. The average molecular weight is 329 g/mol. The van der Waals surface area contributed by atoms with E-state index in [1.807, 2.05) is 19.2 Å². The molecule has 2 aliphatic rings. The summed E-state index contributed by atoms with van der Waals surface area (Å²) in [5, 5.41) is 7.44. The minimum absolute atomic E-state index is 0.425. The van der Waals surface area contributed by atoms with E-state index >= 15 is 0 Å². The van der Waals surface area contributed by atoms with Gasteiger partial charge in [0.25, 0.3) is 0 Å². The van der Waals surface area contributed by atoms with Gasteiger partial charge in [-0.2, -0.15) is 0 Å². The molecular weight excluding hydrogens is 306 g/mol. The minimum Gasteiger partial charge on any atom is -0.378 e. The van der Waals surface area contributed by atoms with Crippen LogP contribution < -0.4 is 10.2 Å². The monoisotopic (exact) mass is 329 g/mol. The Hall–Kier alpha value is -1.99. The number of piperidine rings is 1. The first-order valence-corrected chi connectivity index (χ1v) is 8.65. The van der Waals surface area contributed by atoms with Gasteiger partial charge in [0.15, 0.2) is 5.76 Å². The smallest absolute Gasteiger partial charge is 0.225 e. The molecule has 1 N–H and O–H groups in total. The maximum Gasteiger partial charge on any atom is 0.225 e. The predicted octanol–water partition coefficient (Wildman–Crippen LogP) is 1.74. The Morgan fingerprint density at radius 2 is 2.00 bits per heavy atom. The standard InChI is InChI=1S/C17H23N5O2/c1-12-10-15(24-21-12)14-11-19-17(22-6-8-23-9-7-22)20-16(14)13-2-4-18-5-3-13/h10-11,13,18H,2-9H2,1H3. The Bertz CT molecular complexity index is 690. The lowest BCUT2D eigenvalue weighted by Gasteiger charge is -2.29. The largest absolute Gasteiger partial charge is 0.378 e. The highest BCUT2D eigenvalue weighted by Gasteiger charge is 2.25. The molecule has 0 saturated carbocycles. The quantitative estimate of drug-likeness (QED) is 0.919. The van der Waals surface area contributed by atoms with Crippen LogP contribution in [-0.4, -0.2) is 54.5 Å². The highest BCUT2D eigenvalue weighted by Crippen LogP contribution is 2.33. The van der Waals surface area contributed by atoms with Gasteiger partial charge in [0.05, 0.1) is 30.2 Å². The molecule has 128 valence electrons. The number of aryl methyl sites for hydroxylation is 1. The van der Waals surface area contributed by atoms with Gasteiger partial charge >= 0.3 is 0 Å². The second-order valence-corrected chi connectivity index (χ2v) is 6.43. The van der Waals surface area contributed by atoms with E-state index in [0.29, 0.717) is 5.92 Å². The second kappa shape index (κ2) is 6.86. The van der Waals surface area contributed by atoms with Gasteiger partial charge in [0, 0.05) is 31.3 Å². The summed E-state index contributed by atoms with van der Waals surface area (Å²) in [6.45, 7) is 7.12. The normalized spacial score (nSPS) is 19.6. The summed E-state index contributed by atoms with van der Waals surface area (Å²) in [7, 11) is 0. The molecule has 0 spiro atoms. The molecule has 2 fully saturated rings. The van der Waals surface area contributed by atoms with E-state index in [2.05, 4.69) is 20.4 Å². The van der Waals surface area contributed by atoms with Gasteiger partial charge in [-0.25, -0.2) is 9.97 Å². The van der Waals surface area contributed by atoms with E-state index in [4.69, 9.17) is 14.2 Å². The van der Waals surface area contributed by atoms with Gasteiger partial charge in [0.1, 0.15) is 0 Å². The van der Waals surface area contributed by atoms with Crippen LogP contribution in [0.3, 0.4) is 0 Å². The van der Waals surface area contributed by atoms with Crippen molar-refractivity contribution in [2.24, 2.45) is 0 Å². The summed E-state index contributed by atoms with van der Waals surface area (Å²) in [4.78, 5) is 11.7. The SMILES string of the molecule is Cc1cc(-c2cnc(N3CCOCC3)nc2C2CCNCC2)on1. The number of nitrogens with one attached hydrogen (secondary N) is 1. The number of anilines is 1. The molecule has 0 radical (unpaired) electrons. The highest BCUT2D eigenvalue weighted by atomic mass is 16.5. The molecule has 0 amide bonds. The first kappa shape index (κ1) is 15.5. The third-order valence-corrected chi connectivity index (χ3v) is 4.72. The van der Waals surface area contributed by atoms with Crippen molar-refractivity contribution in [3.63, 3.8) is 0 Å². The fourth-order valence-corrected chi connectivity index (χ4v) is 3.39. The molecule has 0 aromatic carbocycles. The summed E-state index contributed by atoms with van der Waals surface area (Å²) < 4.78 is 10.9. The van der Waals surface area contributed by atoms with Crippen molar-refractivity contribution in [1.82, 2.24) is 20.4 Å². The molecule has 24 heavy (non-hydrogen) atoms. The van der Waals surface area contributed by atoms with Crippen LogP contribution in [0.25, 0.3) is 11.3 Å². The van der Waals surface area contributed by atoms with Crippen LogP contribution in [-0.2, 0) is 4.74 Å². The number of hydrogen-bond acceptors (Lipinski definition) is 7. The van der Waals surface area contributed by atoms with E-state index < -0.39 is 0 Å². The van der Waals surface area contributed by atoms with Crippen molar-refractivity contribution in [3.05, 3.63) is 23.7 Å². The van der Waals surface area contributed by atoms with Crippen LogP contribution in [0.4, 0.5) is 5.95 Å². The lowest BCUT2D eigenvalue weighted by atomic mass is 9.91. The first-order valence-electron chi connectivity index (χ1n) is 8.65. The zero-order valence-electron chi connectivity index (χ0n) is 14.0. The summed E-state index contributed by atoms with van der Waals surface area (Å²) >= 11 is 0. The van der Waals surface area contributed by atoms with E-state index in [-0.39, 0.29) is 0 Å². The van der Waals surface area contributed by atoms with Crippen molar-refractivity contribution < 1.29 is 9.26 Å². The molecule has 4 rings (SSSR count). The van der Waals surface area contributed by atoms with Crippen LogP contribution in [0.15, 0.2) is 16.8 Å². The Balaban J connectivity index is 1.72. The predicted molar refractivity (Wildman–Crippen MR) is 90.1 cm³/mol. The molecular formula is C17H23N5O2. The molecule has 2 aromatic rings. The summed E-state index contributed by atoms with van der Waals surface area (Å²) in [6.07, 6.45) is 4.06. The third kappa shape index (κ3) is 3.14. The second-order valence-electron chi connectivity index (χ2n) is 6.43. The van der Waals surface area contributed by atoms with Crippen molar-refractivity contribution >= 4 is 5.95 Å². The van der Waals surface area contributed by atoms with Gasteiger partial charge in [-0.05, 0) is 32.9 Å². The highest BCUT2D eigenvalue weighted by molar-refractivity contribution is 5.61. The Morgan fingerprint density at radius 3 is 2.71 bits per heavy atom. The summed E-state index contributed by atoms with van der Waals surface area (Å²) in [6, 6.07) is 1.96. The maximum absolute atomic E-state index is 5.49. The average Bonchev–Trinajstić information content (AvgIpc) is 3.09. The molecule has 0 atom stereocenters. The molecule has 2 aliphatic heterocycles. The van der Waals surface area contributed by atoms with E-state index in [0.717, 1.165) is 80.9 Å². The molecule has 0 bridgehead atoms. The number of ether oxygens (including phenoxy) is 1. The first-order chi connectivity index (χ1) is 11.8. The topological polar surface area (TPSA) is 76.3 Å². The molecule has 0 aliphatic carbocycles. The summed E-state index contributed by atoms with van der Waals surface area (Å²) in [5.74, 6) is 1.98. The van der Waals surface area contributed by atoms with Gasteiger partial charge in [-0.3, -0.25) is 0 Å². The zero-order valence-corrected chi connectivity index (χ0v) is 14.0. The Kier molecular flexibility index (Phi) is 4.44. The number of nitrogens with zero attached hydrogens (tertiary/aromatic N) is 4. The molecule has 4 heterocycles. The molecule has 7 heteroatoms. The lowest BCUT2D eigenvalue weighted by Crippen LogP contribution is -2.37. The molecule has 2 saturated heterocycles. The van der Waals surface area contributed by atoms with E-state index in [1.165, 1.54) is 0 Å². The minimum atomic E-state index is 0.425. The van der Waals surface area contributed by atoms with Crippen molar-refractivity contribution in [3.8, 4) is 11.3 Å². The zero-order chi connectivity index (χ0) is 16.4. The van der Waals surface area contributed by atoms with Crippen LogP contribution >= 0.6 is 0 Å². The van der Waals surface area contributed by atoms with E-state index in [9.17, 15) is 0 Å². The van der Waals surface area contributed by atoms with Crippen molar-refractivity contribution in [2.75, 3.05) is 44.3 Å². The number of aromatic nitrogens is 3. The molecule has 0 unspecified atom stereocenters. The number of morpholine rings is 1. The van der Waals surface area contributed by atoms with Crippen LogP contribution in [0.1, 0.15) is 30.1 Å². The summed E-state index contributed by atoms with van der Waals surface area (Å²) in [5.41, 5.74) is 2.93. The van der Waals surface area contributed by atoms with Crippen LogP contribution in [0.2, 0.25) is 0 Å². The van der Waals surface area contributed by atoms with Gasteiger partial charge in [-0.15, -0.1) is 0 Å². The van der Waals surface area contributed by atoms with Crippen LogP contribution in [0, 0.1) is 6.92 Å².